The first-order valence-electron chi connectivity index (χ1n) is 5.52. The van der Waals surface area contributed by atoms with Crippen LogP contribution < -0.4 is 17.1 Å². The zero-order valence-electron chi connectivity index (χ0n) is 9.89. The second-order valence-electron chi connectivity index (χ2n) is 3.49. The van der Waals surface area contributed by atoms with Gasteiger partial charge in [-0.2, -0.15) is 0 Å². The van der Waals surface area contributed by atoms with Crippen molar-refractivity contribution >= 4 is 0 Å². The summed E-state index contributed by atoms with van der Waals surface area (Å²) in [5.74, 6) is 0. The third-order valence-electron chi connectivity index (χ3n) is 2.47. The molecular weight excluding hydrogens is 210 g/mol. The van der Waals surface area contributed by atoms with Gasteiger partial charge in [-0.3, -0.25) is 0 Å². The normalized spacial score (nSPS) is 10.7. The molecule has 0 aliphatic rings. The molecule has 0 aliphatic heterocycles. The summed E-state index contributed by atoms with van der Waals surface area (Å²) in [5.41, 5.74) is -1.54. The standard InChI is InChI=1S/C10H17N3O3/c1-4-7-13-9(15)11(5-2)8(14)12(6-3)10(13)16/h4-7H2,1-3H3. The summed E-state index contributed by atoms with van der Waals surface area (Å²) in [6, 6.07) is 0. The molecule has 1 aromatic rings. The van der Waals surface area contributed by atoms with Gasteiger partial charge in [0.2, 0.25) is 0 Å². The fraction of sp³-hybridized carbons (Fsp3) is 0.700. The highest BCUT2D eigenvalue weighted by atomic mass is 16.2. The second kappa shape index (κ2) is 4.96. The molecule has 0 spiro atoms. The van der Waals surface area contributed by atoms with E-state index in [1.807, 2.05) is 6.92 Å². The van der Waals surface area contributed by atoms with Crippen LogP contribution in [0.25, 0.3) is 0 Å². The molecule has 1 heterocycles. The van der Waals surface area contributed by atoms with Gasteiger partial charge in [0.1, 0.15) is 0 Å². The van der Waals surface area contributed by atoms with Gasteiger partial charge >= 0.3 is 17.1 Å². The quantitative estimate of drug-likeness (QED) is 0.704. The number of nitrogens with zero attached hydrogens (tertiary/aromatic N) is 3. The zero-order valence-corrected chi connectivity index (χ0v) is 9.89. The molecule has 6 heteroatoms. The Balaban J connectivity index is 3.71. The molecule has 0 atom stereocenters. The summed E-state index contributed by atoms with van der Waals surface area (Å²) in [6.45, 7) is 6.21. The van der Waals surface area contributed by atoms with Crippen molar-refractivity contribution in [2.24, 2.45) is 0 Å². The monoisotopic (exact) mass is 227 g/mol. The molecule has 16 heavy (non-hydrogen) atoms. The molecule has 1 rings (SSSR count). The van der Waals surface area contributed by atoms with E-state index >= 15 is 0 Å². The smallest absolute Gasteiger partial charge is 0.247 e. The molecule has 6 nitrogen and oxygen atoms in total. The molecule has 0 N–H and O–H groups in total. The minimum absolute atomic E-state index is 0.279. The van der Waals surface area contributed by atoms with E-state index < -0.39 is 17.1 Å². The van der Waals surface area contributed by atoms with Crippen LogP contribution in [-0.4, -0.2) is 13.7 Å². The summed E-state index contributed by atoms with van der Waals surface area (Å²) in [6.07, 6.45) is 0.681. The average molecular weight is 227 g/mol. The van der Waals surface area contributed by atoms with Gasteiger partial charge < -0.3 is 0 Å². The van der Waals surface area contributed by atoms with Crippen LogP contribution in [0.3, 0.4) is 0 Å². The predicted octanol–water partition coefficient (Wildman–Crippen LogP) is -0.379. The van der Waals surface area contributed by atoms with Crippen molar-refractivity contribution in [2.75, 3.05) is 0 Å². The number of hydrogen-bond acceptors (Lipinski definition) is 3. The molecule has 0 fully saturated rings. The van der Waals surface area contributed by atoms with E-state index in [9.17, 15) is 14.4 Å². The van der Waals surface area contributed by atoms with E-state index in [2.05, 4.69) is 0 Å². The first-order chi connectivity index (χ1) is 7.58. The number of aromatic nitrogens is 3. The fourth-order valence-corrected chi connectivity index (χ4v) is 1.64. The van der Waals surface area contributed by atoms with Crippen molar-refractivity contribution in [2.45, 2.75) is 46.8 Å². The van der Waals surface area contributed by atoms with E-state index in [1.54, 1.807) is 13.8 Å². The Labute approximate surface area is 92.8 Å². The van der Waals surface area contributed by atoms with Crippen molar-refractivity contribution in [1.29, 1.82) is 0 Å². The maximum atomic E-state index is 11.8. The fourth-order valence-electron chi connectivity index (χ4n) is 1.64. The van der Waals surface area contributed by atoms with Gasteiger partial charge in [0.25, 0.3) is 0 Å². The van der Waals surface area contributed by atoms with Crippen LogP contribution >= 0.6 is 0 Å². The largest absolute Gasteiger partial charge is 0.336 e. The molecule has 0 saturated carbocycles. The molecule has 90 valence electrons. The summed E-state index contributed by atoms with van der Waals surface area (Å²) in [7, 11) is 0. The highest BCUT2D eigenvalue weighted by Crippen LogP contribution is 1.80. The first kappa shape index (κ1) is 12.5. The van der Waals surface area contributed by atoms with Crippen molar-refractivity contribution < 1.29 is 0 Å². The third kappa shape index (κ3) is 1.87. The van der Waals surface area contributed by atoms with Crippen LogP contribution in [0.15, 0.2) is 14.4 Å². The third-order valence-corrected chi connectivity index (χ3v) is 2.47. The van der Waals surface area contributed by atoms with Crippen molar-refractivity contribution in [3.05, 3.63) is 31.5 Å². The van der Waals surface area contributed by atoms with Crippen LogP contribution in [0, 0.1) is 0 Å². The van der Waals surface area contributed by atoms with Crippen LogP contribution in [0.4, 0.5) is 0 Å². The van der Waals surface area contributed by atoms with Gasteiger partial charge in [-0.15, -0.1) is 0 Å². The summed E-state index contributed by atoms with van der Waals surface area (Å²) in [4.78, 5) is 35.4. The minimum Gasteiger partial charge on any atom is -0.247 e. The SMILES string of the molecule is CCCn1c(=O)n(CC)c(=O)n(CC)c1=O. The van der Waals surface area contributed by atoms with Crippen LogP contribution in [0.2, 0.25) is 0 Å². The summed E-state index contributed by atoms with van der Waals surface area (Å²) in [5, 5.41) is 0. The van der Waals surface area contributed by atoms with Gasteiger partial charge in [0.05, 0.1) is 0 Å². The highest BCUT2D eigenvalue weighted by molar-refractivity contribution is 4.78. The summed E-state index contributed by atoms with van der Waals surface area (Å²) < 4.78 is 3.29. The van der Waals surface area contributed by atoms with Gasteiger partial charge in [-0.25, -0.2) is 28.1 Å². The zero-order chi connectivity index (χ0) is 12.3. The average Bonchev–Trinajstić information content (AvgIpc) is 2.26. The molecule has 1 aromatic heterocycles. The second-order valence-corrected chi connectivity index (χ2v) is 3.49. The lowest BCUT2D eigenvalue weighted by atomic mass is 10.5. The Bertz CT molecular complexity index is 493. The Morgan fingerprint density at radius 2 is 1.12 bits per heavy atom. The molecular formula is C10H17N3O3. The van der Waals surface area contributed by atoms with Gasteiger partial charge in [0.15, 0.2) is 0 Å². The Morgan fingerprint density at radius 3 is 1.44 bits per heavy atom. The topological polar surface area (TPSA) is 66.0 Å². The van der Waals surface area contributed by atoms with Crippen molar-refractivity contribution in [1.82, 2.24) is 13.7 Å². The number of hydrogen-bond donors (Lipinski definition) is 0. The van der Waals surface area contributed by atoms with Crippen LogP contribution in [-0.2, 0) is 19.6 Å². The molecule has 0 amide bonds. The highest BCUT2D eigenvalue weighted by Gasteiger charge is 2.12. The lowest BCUT2D eigenvalue weighted by molar-refractivity contribution is 0.459. The molecule has 0 unspecified atom stereocenters. The van der Waals surface area contributed by atoms with Gasteiger partial charge in [-0.1, -0.05) is 6.92 Å². The van der Waals surface area contributed by atoms with Gasteiger partial charge in [-0.05, 0) is 20.3 Å². The van der Waals surface area contributed by atoms with Gasteiger partial charge in [0, 0.05) is 19.6 Å². The minimum atomic E-state index is -0.521. The molecule has 0 aromatic carbocycles. The van der Waals surface area contributed by atoms with Crippen LogP contribution in [0.1, 0.15) is 27.2 Å². The molecule has 0 bridgehead atoms. The molecule has 0 aliphatic carbocycles. The maximum Gasteiger partial charge on any atom is 0.336 e. The van der Waals surface area contributed by atoms with Crippen molar-refractivity contribution in [3.8, 4) is 0 Å². The lowest BCUT2D eigenvalue weighted by Gasteiger charge is -2.10. The first-order valence-corrected chi connectivity index (χ1v) is 5.52. The van der Waals surface area contributed by atoms with E-state index in [1.165, 1.54) is 0 Å². The predicted molar refractivity (Wildman–Crippen MR) is 60.9 cm³/mol. The van der Waals surface area contributed by atoms with Crippen molar-refractivity contribution in [3.63, 3.8) is 0 Å². The molecule has 0 radical (unpaired) electrons. The lowest BCUT2D eigenvalue weighted by Crippen LogP contribution is -2.54. The van der Waals surface area contributed by atoms with E-state index in [4.69, 9.17) is 0 Å². The van der Waals surface area contributed by atoms with Crippen LogP contribution in [0.5, 0.6) is 0 Å². The Kier molecular flexibility index (Phi) is 3.87. The summed E-state index contributed by atoms with van der Waals surface area (Å²) >= 11 is 0. The van der Waals surface area contributed by atoms with E-state index in [0.29, 0.717) is 13.0 Å². The van der Waals surface area contributed by atoms with E-state index in [0.717, 1.165) is 13.7 Å². The number of rotatable bonds is 4. The Morgan fingerprint density at radius 1 is 0.750 bits per heavy atom. The Hall–Kier alpha value is -1.59. The van der Waals surface area contributed by atoms with E-state index in [-0.39, 0.29) is 13.1 Å². The maximum absolute atomic E-state index is 11.8. The molecule has 0 saturated heterocycles.